The van der Waals surface area contributed by atoms with Gasteiger partial charge in [0.05, 0.1) is 11.2 Å². The molecular formula is C22H21N3O4. The van der Waals surface area contributed by atoms with Gasteiger partial charge in [-0.3, -0.25) is 14.6 Å². The van der Waals surface area contributed by atoms with Crippen LogP contribution in [0.4, 0.5) is 11.4 Å². The van der Waals surface area contributed by atoms with Crippen molar-refractivity contribution in [3.63, 3.8) is 0 Å². The molecule has 4 rings (SSSR count). The van der Waals surface area contributed by atoms with Gasteiger partial charge in [0, 0.05) is 43.2 Å². The lowest BCUT2D eigenvalue weighted by Gasteiger charge is -2.24. The first kappa shape index (κ1) is 18.7. The fraction of sp³-hybridized carbons (Fsp3) is 0.227. The van der Waals surface area contributed by atoms with Crippen LogP contribution in [0, 0.1) is 0 Å². The zero-order valence-corrected chi connectivity index (χ0v) is 16.1. The molecular weight excluding hydrogens is 370 g/mol. The highest BCUT2D eigenvalue weighted by Crippen LogP contribution is 2.34. The van der Waals surface area contributed by atoms with Crippen molar-refractivity contribution in [3.8, 4) is 11.5 Å². The number of pyridine rings is 1. The molecule has 7 nitrogen and oxygen atoms in total. The number of anilines is 2. The van der Waals surface area contributed by atoms with Crippen LogP contribution in [0.3, 0.4) is 0 Å². The van der Waals surface area contributed by atoms with Crippen molar-refractivity contribution in [2.45, 2.75) is 13.3 Å². The summed E-state index contributed by atoms with van der Waals surface area (Å²) in [5.41, 5.74) is 2.06. The minimum atomic E-state index is -0.188. The number of benzene rings is 2. The van der Waals surface area contributed by atoms with Crippen LogP contribution < -0.4 is 19.7 Å². The molecule has 0 atom stereocenters. The first-order chi connectivity index (χ1) is 14.1. The van der Waals surface area contributed by atoms with E-state index in [-0.39, 0.29) is 24.8 Å². The Morgan fingerprint density at radius 1 is 1.07 bits per heavy atom. The number of aromatic nitrogens is 1. The maximum absolute atomic E-state index is 12.5. The van der Waals surface area contributed by atoms with Gasteiger partial charge in [-0.2, -0.15) is 0 Å². The van der Waals surface area contributed by atoms with Crippen molar-refractivity contribution in [3.05, 3.63) is 54.7 Å². The van der Waals surface area contributed by atoms with Gasteiger partial charge in [0.1, 0.15) is 13.2 Å². The molecule has 7 heteroatoms. The number of carbonyl (C=O) groups excluding carboxylic acids is 2. The summed E-state index contributed by atoms with van der Waals surface area (Å²) >= 11 is 0. The summed E-state index contributed by atoms with van der Waals surface area (Å²) in [6, 6.07) is 14.8. The predicted molar refractivity (Wildman–Crippen MR) is 110 cm³/mol. The fourth-order valence-corrected chi connectivity index (χ4v) is 3.30. The third-order valence-electron chi connectivity index (χ3n) is 4.69. The number of rotatable bonds is 5. The van der Waals surface area contributed by atoms with E-state index in [1.54, 1.807) is 29.3 Å². The summed E-state index contributed by atoms with van der Waals surface area (Å²) in [5, 5.41) is 3.85. The van der Waals surface area contributed by atoms with Gasteiger partial charge in [0.15, 0.2) is 11.5 Å². The molecule has 2 heterocycles. The second-order valence-electron chi connectivity index (χ2n) is 6.68. The van der Waals surface area contributed by atoms with Crippen molar-refractivity contribution in [2.75, 3.05) is 30.0 Å². The average molecular weight is 391 g/mol. The second kappa shape index (κ2) is 8.18. The molecule has 0 spiro atoms. The summed E-state index contributed by atoms with van der Waals surface area (Å²) in [5.74, 6) is 0.921. The number of hydrogen-bond acceptors (Lipinski definition) is 5. The van der Waals surface area contributed by atoms with E-state index in [9.17, 15) is 9.59 Å². The van der Waals surface area contributed by atoms with Crippen molar-refractivity contribution in [2.24, 2.45) is 0 Å². The summed E-state index contributed by atoms with van der Waals surface area (Å²) in [6.45, 7) is 2.70. The molecule has 1 aliphatic rings. The SMILES string of the molecule is CC(=O)N(CCC(=O)Nc1cccc2cccnc12)c1ccc2c(c1)OCCO2. The summed E-state index contributed by atoms with van der Waals surface area (Å²) in [4.78, 5) is 30.6. The van der Waals surface area contributed by atoms with E-state index < -0.39 is 0 Å². The van der Waals surface area contributed by atoms with Crippen molar-refractivity contribution in [1.82, 2.24) is 4.98 Å². The van der Waals surface area contributed by atoms with Crippen molar-refractivity contribution < 1.29 is 19.1 Å². The normalized spacial score (nSPS) is 12.4. The molecule has 1 aromatic heterocycles. The number of para-hydroxylation sites is 1. The highest BCUT2D eigenvalue weighted by atomic mass is 16.6. The average Bonchev–Trinajstić information content (AvgIpc) is 2.74. The van der Waals surface area contributed by atoms with E-state index in [0.29, 0.717) is 36.1 Å². The molecule has 29 heavy (non-hydrogen) atoms. The van der Waals surface area contributed by atoms with Gasteiger partial charge in [-0.15, -0.1) is 0 Å². The molecule has 0 unspecified atom stereocenters. The van der Waals surface area contributed by atoms with Crippen LogP contribution >= 0.6 is 0 Å². The molecule has 148 valence electrons. The Balaban J connectivity index is 1.45. The molecule has 0 fully saturated rings. The van der Waals surface area contributed by atoms with Gasteiger partial charge in [-0.1, -0.05) is 18.2 Å². The highest BCUT2D eigenvalue weighted by molar-refractivity contribution is 6.01. The van der Waals surface area contributed by atoms with E-state index in [1.807, 2.05) is 30.3 Å². The lowest BCUT2D eigenvalue weighted by Crippen LogP contribution is -2.32. The Morgan fingerprint density at radius 2 is 1.86 bits per heavy atom. The Hall–Kier alpha value is -3.61. The second-order valence-corrected chi connectivity index (χ2v) is 6.68. The van der Waals surface area contributed by atoms with Crippen LogP contribution in [-0.2, 0) is 9.59 Å². The van der Waals surface area contributed by atoms with Gasteiger partial charge in [-0.05, 0) is 24.3 Å². The fourth-order valence-electron chi connectivity index (χ4n) is 3.30. The van der Waals surface area contributed by atoms with Crippen molar-refractivity contribution >= 4 is 34.1 Å². The molecule has 0 saturated heterocycles. The summed E-state index contributed by atoms with van der Waals surface area (Å²) in [6.07, 6.45) is 1.84. The zero-order chi connectivity index (χ0) is 20.2. The number of carbonyl (C=O) groups is 2. The molecule has 0 saturated carbocycles. The van der Waals surface area contributed by atoms with Crippen LogP contribution in [0.2, 0.25) is 0 Å². The maximum Gasteiger partial charge on any atom is 0.226 e. The number of nitrogens with zero attached hydrogens (tertiary/aromatic N) is 2. The van der Waals surface area contributed by atoms with E-state index >= 15 is 0 Å². The molecule has 0 bridgehead atoms. The lowest BCUT2D eigenvalue weighted by atomic mass is 10.2. The van der Waals surface area contributed by atoms with Crippen LogP contribution in [0.15, 0.2) is 54.7 Å². The first-order valence-electron chi connectivity index (χ1n) is 9.43. The molecule has 2 aromatic carbocycles. The Kier molecular flexibility index (Phi) is 5.29. The monoisotopic (exact) mass is 391 g/mol. The molecule has 1 aliphatic heterocycles. The maximum atomic E-state index is 12.5. The molecule has 0 radical (unpaired) electrons. The minimum absolute atomic E-state index is 0.150. The van der Waals surface area contributed by atoms with Crippen LogP contribution in [0.1, 0.15) is 13.3 Å². The Morgan fingerprint density at radius 3 is 2.69 bits per heavy atom. The minimum Gasteiger partial charge on any atom is -0.486 e. The third-order valence-corrected chi connectivity index (χ3v) is 4.69. The van der Waals surface area contributed by atoms with E-state index in [0.717, 1.165) is 10.9 Å². The largest absolute Gasteiger partial charge is 0.486 e. The Labute approximate surface area is 168 Å². The van der Waals surface area contributed by atoms with Crippen LogP contribution in [0.5, 0.6) is 11.5 Å². The number of ether oxygens (including phenoxy) is 2. The molecule has 0 aliphatic carbocycles. The van der Waals surface area contributed by atoms with E-state index in [2.05, 4.69) is 10.3 Å². The van der Waals surface area contributed by atoms with E-state index in [4.69, 9.17) is 9.47 Å². The Bertz CT molecular complexity index is 1060. The third kappa shape index (κ3) is 4.13. The topological polar surface area (TPSA) is 80.8 Å². The predicted octanol–water partition coefficient (Wildman–Crippen LogP) is 3.39. The van der Waals surface area contributed by atoms with Crippen molar-refractivity contribution in [1.29, 1.82) is 0 Å². The molecule has 1 N–H and O–H groups in total. The van der Waals surface area contributed by atoms with Gasteiger partial charge in [0.2, 0.25) is 11.8 Å². The lowest BCUT2D eigenvalue weighted by molar-refractivity contribution is -0.117. The summed E-state index contributed by atoms with van der Waals surface area (Å²) in [7, 11) is 0. The first-order valence-corrected chi connectivity index (χ1v) is 9.43. The van der Waals surface area contributed by atoms with Gasteiger partial charge in [0.25, 0.3) is 0 Å². The molecule has 2 amide bonds. The number of hydrogen-bond donors (Lipinski definition) is 1. The van der Waals surface area contributed by atoms with Gasteiger partial charge in [-0.25, -0.2) is 0 Å². The van der Waals surface area contributed by atoms with Crippen LogP contribution in [-0.4, -0.2) is 36.6 Å². The number of amides is 2. The number of fused-ring (bicyclic) bond motifs is 2. The van der Waals surface area contributed by atoms with Gasteiger partial charge < -0.3 is 19.7 Å². The smallest absolute Gasteiger partial charge is 0.226 e. The number of nitrogens with one attached hydrogen (secondary N) is 1. The summed E-state index contributed by atoms with van der Waals surface area (Å²) < 4.78 is 11.1. The standard InChI is InChI=1S/C22H21N3O4/c1-15(26)25(17-7-8-19-20(14-17)29-13-12-28-19)11-9-21(27)24-18-6-2-4-16-5-3-10-23-22(16)18/h2-8,10,14H,9,11-13H2,1H3,(H,24,27). The van der Waals surface area contributed by atoms with Crippen LogP contribution in [0.25, 0.3) is 10.9 Å². The highest BCUT2D eigenvalue weighted by Gasteiger charge is 2.18. The molecule has 3 aromatic rings. The van der Waals surface area contributed by atoms with Gasteiger partial charge >= 0.3 is 0 Å². The zero-order valence-electron chi connectivity index (χ0n) is 16.1. The quantitative estimate of drug-likeness (QED) is 0.721. The van der Waals surface area contributed by atoms with E-state index in [1.165, 1.54) is 6.92 Å².